The van der Waals surface area contributed by atoms with E-state index in [2.05, 4.69) is 17.4 Å². The molecule has 3 rings (SSSR count). The van der Waals surface area contributed by atoms with E-state index in [4.69, 9.17) is 4.74 Å². The molecular weight excluding hydrogens is 284 g/mol. The summed E-state index contributed by atoms with van der Waals surface area (Å²) in [4.78, 5) is 14.1. The molecule has 2 heterocycles. The lowest BCUT2D eigenvalue weighted by molar-refractivity contribution is 0.0905. The van der Waals surface area contributed by atoms with Gasteiger partial charge in [0.05, 0.1) is 6.10 Å². The Morgan fingerprint density at radius 2 is 2.05 bits per heavy atom. The van der Waals surface area contributed by atoms with E-state index < -0.39 is 0 Å². The molecule has 0 saturated carbocycles. The zero-order valence-electron chi connectivity index (χ0n) is 12.2. The van der Waals surface area contributed by atoms with Crippen LogP contribution in [0.15, 0.2) is 30.3 Å². The van der Waals surface area contributed by atoms with Gasteiger partial charge in [-0.05, 0) is 12.0 Å². The highest BCUT2D eigenvalue weighted by Gasteiger charge is 2.30. The van der Waals surface area contributed by atoms with Gasteiger partial charge in [0, 0.05) is 43.7 Å². The van der Waals surface area contributed by atoms with Gasteiger partial charge in [0.2, 0.25) is 0 Å². The van der Waals surface area contributed by atoms with Gasteiger partial charge in [0.15, 0.2) is 0 Å². The van der Waals surface area contributed by atoms with Crippen LogP contribution in [-0.2, 0) is 4.74 Å². The molecular formula is C16H22N2O2S. The van der Waals surface area contributed by atoms with Gasteiger partial charge in [-0.25, -0.2) is 4.79 Å². The van der Waals surface area contributed by atoms with Crippen molar-refractivity contribution in [3.8, 4) is 0 Å². The Hall–Kier alpha value is -1.20. The molecule has 2 aliphatic heterocycles. The molecule has 0 unspecified atom stereocenters. The van der Waals surface area contributed by atoms with Gasteiger partial charge in [-0.3, -0.25) is 0 Å². The molecule has 114 valence electrons. The molecule has 1 aromatic rings. The van der Waals surface area contributed by atoms with Gasteiger partial charge in [-0.1, -0.05) is 30.3 Å². The first-order valence-corrected chi connectivity index (χ1v) is 8.77. The second-order valence-electron chi connectivity index (χ2n) is 5.54. The number of amides is 2. The Bertz CT molecular complexity index is 463. The fourth-order valence-corrected chi connectivity index (χ4v) is 3.85. The summed E-state index contributed by atoms with van der Waals surface area (Å²) in [6, 6.07) is 10.4. The van der Waals surface area contributed by atoms with E-state index in [0.29, 0.717) is 12.5 Å². The van der Waals surface area contributed by atoms with Crippen molar-refractivity contribution in [1.29, 1.82) is 0 Å². The molecule has 4 nitrogen and oxygen atoms in total. The van der Waals surface area contributed by atoms with Crippen LogP contribution in [0.3, 0.4) is 0 Å². The van der Waals surface area contributed by atoms with Crippen molar-refractivity contribution >= 4 is 17.8 Å². The van der Waals surface area contributed by atoms with E-state index in [9.17, 15) is 4.79 Å². The molecule has 0 aliphatic carbocycles. The van der Waals surface area contributed by atoms with Crippen LogP contribution in [0.5, 0.6) is 0 Å². The summed E-state index contributed by atoms with van der Waals surface area (Å²) >= 11 is 1.92. The standard InChI is InChI=1S/C16H22N2O2S/c19-16(18-7-10-21-11-8-18)17-12-14-6-9-20-15(14)13-4-2-1-3-5-13/h1-5,14-15H,6-12H2,(H,17,19)/t14-,15-/m0/s1. The van der Waals surface area contributed by atoms with Crippen molar-refractivity contribution in [3.63, 3.8) is 0 Å². The molecule has 2 atom stereocenters. The van der Waals surface area contributed by atoms with E-state index in [1.807, 2.05) is 34.9 Å². The number of urea groups is 1. The van der Waals surface area contributed by atoms with Crippen LogP contribution in [0.1, 0.15) is 18.1 Å². The van der Waals surface area contributed by atoms with Crippen LogP contribution in [0.25, 0.3) is 0 Å². The fourth-order valence-electron chi connectivity index (χ4n) is 2.95. The minimum atomic E-state index is 0.0778. The highest BCUT2D eigenvalue weighted by Crippen LogP contribution is 2.33. The number of benzene rings is 1. The summed E-state index contributed by atoms with van der Waals surface area (Å²) in [6.07, 6.45) is 1.12. The maximum atomic E-state index is 12.2. The first-order chi connectivity index (χ1) is 10.3. The SMILES string of the molecule is O=C(NC[C@@H]1CCO[C@H]1c1ccccc1)N1CCSCC1. The number of ether oxygens (including phenoxy) is 1. The van der Waals surface area contributed by atoms with Crippen molar-refractivity contribution < 1.29 is 9.53 Å². The van der Waals surface area contributed by atoms with Crippen molar-refractivity contribution in [2.45, 2.75) is 12.5 Å². The van der Waals surface area contributed by atoms with Crippen LogP contribution in [0.2, 0.25) is 0 Å². The number of carbonyl (C=O) groups excluding carboxylic acids is 1. The van der Waals surface area contributed by atoms with Gasteiger partial charge in [-0.2, -0.15) is 11.8 Å². The van der Waals surface area contributed by atoms with Crippen LogP contribution in [0.4, 0.5) is 4.79 Å². The fraction of sp³-hybridized carbons (Fsp3) is 0.562. The van der Waals surface area contributed by atoms with E-state index in [1.54, 1.807) is 0 Å². The zero-order chi connectivity index (χ0) is 14.5. The average Bonchev–Trinajstić information content (AvgIpc) is 3.03. The highest BCUT2D eigenvalue weighted by molar-refractivity contribution is 7.99. The highest BCUT2D eigenvalue weighted by atomic mass is 32.2. The zero-order valence-corrected chi connectivity index (χ0v) is 13.0. The number of hydrogen-bond donors (Lipinski definition) is 1. The summed E-state index contributed by atoms with van der Waals surface area (Å²) in [5.41, 5.74) is 1.21. The van der Waals surface area contributed by atoms with Gasteiger partial charge in [0.1, 0.15) is 0 Å². The normalized spacial score (nSPS) is 25.8. The molecule has 21 heavy (non-hydrogen) atoms. The lowest BCUT2D eigenvalue weighted by Crippen LogP contribution is -2.45. The molecule has 0 bridgehead atoms. The van der Waals surface area contributed by atoms with Crippen LogP contribution in [0, 0.1) is 5.92 Å². The third kappa shape index (κ3) is 3.71. The lowest BCUT2D eigenvalue weighted by Gasteiger charge is -2.27. The van der Waals surface area contributed by atoms with Gasteiger partial charge in [-0.15, -0.1) is 0 Å². The predicted octanol–water partition coefficient (Wildman–Crippen LogP) is 2.52. The molecule has 0 spiro atoms. The third-order valence-electron chi connectivity index (χ3n) is 4.16. The third-order valence-corrected chi connectivity index (χ3v) is 5.10. The van der Waals surface area contributed by atoms with Gasteiger partial charge in [0.25, 0.3) is 0 Å². The summed E-state index contributed by atoms with van der Waals surface area (Å²) in [6.45, 7) is 3.20. The topological polar surface area (TPSA) is 41.6 Å². The van der Waals surface area contributed by atoms with Gasteiger partial charge < -0.3 is 15.0 Å². The Morgan fingerprint density at radius 3 is 2.81 bits per heavy atom. The smallest absolute Gasteiger partial charge is 0.317 e. The molecule has 2 aliphatic rings. The van der Waals surface area contributed by atoms with E-state index in [-0.39, 0.29) is 12.1 Å². The molecule has 2 amide bonds. The van der Waals surface area contributed by atoms with E-state index >= 15 is 0 Å². The molecule has 5 heteroatoms. The summed E-state index contributed by atoms with van der Waals surface area (Å²) < 4.78 is 5.86. The molecule has 2 saturated heterocycles. The number of thioether (sulfide) groups is 1. The Kier molecular flexibility index (Phi) is 5.04. The van der Waals surface area contributed by atoms with E-state index in [1.165, 1.54) is 5.56 Å². The maximum Gasteiger partial charge on any atom is 0.317 e. The first kappa shape index (κ1) is 14.7. The van der Waals surface area contributed by atoms with Crippen LogP contribution < -0.4 is 5.32 Å². The molecule has 2 fully saturated rings. The summed E-state index contributed by atoms with van der Waals surface area (Å²) in [7, 11) is 0. The largest absolute Gasteiger partial charge is 0.373 e. The number of rotatable bonds is 3. The lowest BCUT2D eigenvalue weighted by atomic mass is 9.95. The molecule has 1 aromatic carbocycles. The minimum absolute atomic E-state index is 0.0778. The molecule has 0 radical (unpaired) electrons. The quantitative estimate of drug-likeness (QED) is 0.933. The molecule has 1 N–H and O–H groups in total. The Morgan fingerprint density at radius 1 is 1.29 bits per heavy atom. The molecule has 0 aromatic heterocycles. The average molecular weight is 306 g/mol. The minimum Gasteiger partial charge on any atom is -0.373 e. The monoisotopic (exact) mass is 306 g/mol. The van der Waals surface area contributed by atoms with Crippen LogP contribution in [-0.4, -0.2) is 48.7 Å². The van der Waals surface area contributed by atoms with Crippen molar-refractivity contribution in [2.24, 2.45) is 5.92 Å². The van der Waals surface area contributed by atoms with E-state index in [0.717, 1.165) is 37.6 Å². The Balaban J connectivity index is 1.53. The van der Waals surface area contributed by atoms with Crippen molar-refractivity contribution in [2.75, 3.05) is 37.7 Å². The second kappa shape index (κ2) is 7.18. The predicted molar refractivity (Wildman–Crippen MR) is 85.5 cm³/mol. The van der Waals surface area contributed by atoms with Crippen LogP contribution >= 0.6 is 11.8 Å². The first-order valence-electron chi connectivity index (χ1n) is 7.61. The number of hydrogen-bond acceptors (Lipinski definition) is 3. The van der Waals surface area contributed by atoms with Crippen molar-refractivity contribution in [3.05, 3.63) is 35.9 Å². The number of nitrogens with zero attached hydrogens (tertiary/aromatic N) is 1. The Labute approximate surface area is 130 Å². The summed E-state index contributed by atoms with van der Waals surface area (Å²) in [5, 5.41) is 3.09. The second-order valence-corrected chi connectivity index (χ2v) is 6.76. The summed E-state index contributed by atoms with van der Waals surface area (Å²) in [5.74, 6) is 2.47. The number of carbonyl (C=O) groups is 1. The van der Waals surface area contributed by atoms with Gasteiger partial charge >= 0.3 is 6.03 Å². The maximum absolute atomic E-state index is 12.2. The number of nitrogens with one attached hydrogen (secondary N) is 1. The van der Waals surface area contributed by atoms with Crippen molar-refractivity contribution in [1.82, 2.24) is 10.2 Å².